The van der Waals surface area contributed by atoms with Crippen molar-refractivity contribution in [3.05, 3.63) is 65.2 Å². The van der Waals surface area contributed by atoms with Crippen molar-refractivity contribution in [2.75, 3.05) is 23.0 Å². The maximum atomic E-state index is 2.57. The zero-order chi connectivity index (χ0) is 27.3. The van der Waals surface area contributed by atoms with E-state index in [9.17, 15) is 0 Å². The van der Waals surface area contributed by atoms with Crippen LogP contribution in [0.25, 0.3) is 20.9 Å². The molecule has 0 atom stereocenters. The van der Waals surface area contributed by atoms with Crippen LogP contribution in [0, 0.1) is 0 Å². The smallest absolute Gasteiger partial charge is 0.116 e. The van der Waals surface area contributed by atoms with E-state index >= 15 is 0 Å². The summed E-state index contributed by atoms with van der Waals surface area (Å²) in [7, 11) is -1.70. The van der Waals surface area contributed by atoms with Crippen LogP contribution in [0.15, 0.2) is 55.5 Å². The largest absolute Gasteiger partial charge is 0.143 e. The quantitative estimate of drug-likeness (QED) is 0.265. The number of hydrogen-bond acceptors (Lipinski definition) is 14. The predicted molar refractivity (Wildman–Crippen MR) is 219 cm³/mol. The SMILES string of the molecule is C[Si]1(C)c2csc(C3=CSC(=C4SC5=C(SCCS5)S4)S3)c2-c2c1csc2C1=CSC(=C2SC3=C(SCCS3)S2)S1. The Morgan fingerprint density at radius 2 is 0.878 bits per heavy atom. The molecule has 0 aromatic carbocycles. The molecule has 2 aromatic heterocycles. The fourth-order valence-corrected chi connectivity index (χ4v) is 29.5. The van der Waals surface area contributed by atoms with E-state index in [1.807, 2.05) is 117 Å². The molecule has 9 rings (SSSR count). The van der Waals surface area contributed by atoms with E-state index in [1.165, 1.54) is 76.5 Å². The van der Waals surface area contributed by atoms with Gasteiger partial charge in [-0.05, 0) is 31.9 Å². The Morgan fingerprint density at radius 3 is 1.27 bits per heavy atom. The Morgan fingerprint density at radius 1 is 0.488 bits per heavy atom. The second-order valence-corrected chi connectivity index (χ2v) is 30.4. The van der Waals surface area contributed by atoms with Crippen LogP contribution >= 0.6 is 164 Å². The summed E-state index contributed by atoms with van der Waals surface area (Å²) >= 11 is 28.2. The summed E-state index contributed by atoms with van der Waals surface area (Å²) in [5.41, 5.74) is 3.14. The summed E-state index contributed by atoms with van der Waals surface area (Å²) in [6, 6.07) is 0. The Labute approximate surface area is 300 Å². The van der Waals surface area contributed by atoms with Gasteiger partial charge in [0.05, 0.1) is 33.9 Å². The molecular formula is C26H18S14Si. The fraction of sp³-hybridized carbons (Fsp3) is 0.231. The Balaban J connectivity index is 1.02. The van der Waals surface area contributed by atoms with E-state index in [2.05, 4.69) is 81.7 Å². The number of fused-ring (bicyclic) bond motifs is 3. The van der Waals surface area contributed by atoms with Gasteiger partial charge >= 0.3 is 0 Å². The predicted octanol–water partition coefficient (Wildman–Crippen LogP) is 12.6. The molecule has 0 N–H and O–H groups in total. The second-order valence-electron chi connectivity index (χ2n) is 9.84. The lowest BCUT2D eigenvalue weighted by Crippen LogP contribution is -2.48. The van der Waals surface area contributed by atoms with Crippen LogP contribution in [0.4, 0.5) is 0 Å². The maximum absolute atomic E-state index is 2.57. The molecule has 7 aliphatic heterocycles. The van der Waals surface area contributed by atoms with E-state index in [0.717, 1.165) is 0 Å². The highest BCUT2D eigenvalue weighted by atomic mass is 32.3. The minimum Gasteiger partial charge on any atom is -0.143 e. The van der Waals surface area contributed by atoms with Gasteiger partial charge in [0.2, 0.25) is 0 Å². The number of rotatable bonds is 2. The van der Waals surface area contributed by atoms with Crippen molar-refractivity contribution in [1.29, 1.82) is 0 Å². The fourth-order valence-electron chi connectivity index (χ4n) is 5.13. The van der Waals surface area contributed by atoms with Crippen LogP contribution in [-0.2, 0) is 0 Å². The molecule has 41 heavy (non-hydrogen) atoms. The highest BCUT2D eigenvalue weighted by molar-refractivity contribution is 8.44. The monoisotopic (exact) mass is 806 g/mol. The normalized spacial score (nSPS) is 24.8. The molecule has 0 radical (unpaired) electrons. The van der Waals surface area contributed by atoms with E-state index in [0.29, 0.717) is 0 Å². The summed E-state index contributed by atoms with van der Waals surface area (Å²) in [6.07, 6.45) is 0. The maximum Gasteiger partial charge on any atom is 0.116 e. The molecule has 0 saturated heterocycles. The third-order valence-electron chi connectivity index (χ3n) is 7.09. The molecule has 0 bridgehead atoms. The van der Waals surface area contributed by atoms with Crippen molar-refractivity contribution in [1.82, 2.24) is 0 Å². The molecular weight excluding hydrogens is 789 g/mol. The van der Waals surface area contributed by atoms with Crippen molar-refractivity contribution >= 4 is 192 Å². The van der Waals surface area contributed by atoms with Crippen molar-refractivity contribution in [3.63, 3.8) is 0 Å². The van der Waals surface area contributed by atoms with Gasteiger partial charge in [-0.3, -0.25) is 0 Å². The summed E-state index contributed by atoms with van der Waals surface area (Å²) in [6.45, 7) is 5.13. The van der Waals surface area contributed by atoms with Crippen LogP contribution in [0.1, 0.15) is 9.75 Å². The lowest BCUT2D eigenvalue weighted by atomic mass is 10.1. The Bertz CT molecular complexity index is 1560. The van der Waals surface area contributed by atoms with E-state index in [1.54, 1.807) is 21.5 Å². The van der Waals surface area contributed by atoms with Gasteiger partial charge in [0.15, 0.2) is 0 Å². The van der Waals surface area contributed by atoms with Crippen molar-refractivity contribution in [2.24, 2.45) is 0 Å². The first-order valence-electron chi connectivity index (χ1n) is 12.6. The van der Waals surface area contributed by atoms with Gasteiger partial charge in [-0.25, -0.2) is 0 Å². The summed E-state index contributed by atoms with van der Waals surface area (Å²) in [4.78, 5) is 5.93. The standard InChI is InChI=1S/C26H18S14Si/c1-41(2)13-9-31-17(11-7-33-23(35-11)25-37-19-20(38-25)28-4-3-27-19)15(13)16-14(41)10-32-18(16)12-8-34-24(36-12)26-39-21-22(40-26)30-6-5-29-21/h7-10H,3-6H2,1-2H3. The molecule has 0 amide bonds. The van der Waals surface area contributed by atoms with Gasteiger partial charge in [-0.15, -0.1) is 69.7 Å². The number of thioether (sulfide) groups is 12. The molecule has 0 saturated carbocycles. The average molecular weight is 807 g/mol. The van der Waals surface area contributed by atoms with Gasteiger partial charge in [-0.1, -0.05) is 107 Å². The van der Waals surface area contributed by atoms with Gasteiger partial charge in [0.1, 0.15) is 8.07 Å². The van der Waals surface area contributed by atoms with E-state index in [4.69, 9.17) is 0 Å². The zero-order valence-electron chi connectivity index (χ0n) is 21.4. The van der Waals surface area contributed by atoms with Crippen LogP contribution in [0.3, 0.4) is 0 Å². The number of thiophene rings is 2. The Kier molecular flexibility index (Phi) is 8.42. The summed E-state index contributed by atoms with van der Waals surface area (Å²) in [5.74, 6) is 4.99. The van der Waals surface area contributed by atoms with Crippen LogP contribution in [0.5, 0.6) is 0 Å². The lowest BCUT2D eigenvalue weighted by Gasteiger charge is -2.15. The van der Waals surface area contributed by atoms with Crippen LogP contribution in [0.2, 0.25) is 13.1 Å². The molecule has 0 spiro atoms. The Hall–Kier alpha value is 2.26. The van der Waals surface area contributed by atoms with Crippen molar-refractivity contribution < 1.29 is 0 Å². The van der Waals surface area contributed by atoms with Crippen LogP contribution < -0.4 is 10.4 Å². The van der Waals surface area contributed by atoms with Gasteiger partial charge < -0.3 is 0 Å². The molecule has 9 heterocycles. The molecule has 0 aliphatic carbocycles. The summed E-state index contributed by atoms with van der Waals surface area (Å²) < 4.78 is 12.1. The molecule has 0 fully saturated rings. The molecule has 210 valence electrons. The molecule has 0 nitrogen and oxygen atoms in total. The molecule has 0 unspecified atom stereocenters. The highest BCUT2D eigenvalue weighted by Crippen LogP contribution is 2.67. The van der Waals surface area contributed by atoms with Crippen molar-refractivity contribution in [2.45, 2.75) is 13.1 Å². The van der Waals surface area contributed by atoms with E-state index < -0.39 is 8.07 Å². The average Bonchev–Trinajstić information content (AvgIpc) is 3.81. The van der Waals surface area contributed by atoms with Gasteiger partial charge in [0.25, 0.3) is 0 Å². The highest BCUT2D eigenvalue weighted by Gasteiger charge is 2.44. The molecule has 7 aliphatic rings. The first kappa shape index (κ1) is 29.4. The zero-order valence-corrected chi connectivity index (χ0v) is 33.8. The van der Waals surface area contributed by atoms with E-state index in [-0.39, 0.29) is 0 Å². The van der Waals surface area contributed by atoms with Crippen LogP contribution in [-0.4, -0.2) is 31.1 Å². The summed E-state index contributed by atoms with van der Waals surface area (Å²) in [5, 5.41) is 13.2. The second kappa shape index (κ2) is 11.7. The third-order valence-corrected chi connectivity index (χ3v) is 30.7. The van der Waals surface area contributed by atoms with Gasteiger partial charge in [-0.2, -0.15) is 0 Å². The first-order chi connectivity index (χ1) is 20.0. The molecule has 2 aromatic rings. The van der Waals surface area contributed by atoms with Gasteiger partial charge in [0, 0.05) is 53.7 Å². The lowest BCUT2D eigenvalue weighted by molar-refractivity contribution is 1.56. The third kappa shape index (κ3) is 5.07. The first-order valence-corrected chi connectivity index (χ1v) is 27.9. The topological polar surface area (TPSA) is 0 Å². The van der Waals surface area contributed by atoms with Crippen molar-refractivity contribution in [3.8, 4) is 11.1 Å². The minimum atomic E-state index is -1.70. The minimum absolute atomic E-state index is 1.25. The molecule has 15 heteroatoms. The number of hydrogen-bond donors (Lipinski definition) is 0.